The lowest BCUT2D eigenvalue weighted by atomic mass is 9.96. The molecule has 1 aromatic rings. The van der Waals surface area contributed by atoms with Gasteiger partial charge in [0.05, 0.1) is 17.6 Å². The van der Waals surface area contributed by atoms with E-state index in [-0.39, 0.29) is 13.0 Å². The zero-order chi connectivity index (χ0) is 14.0. The number of nitriles is 1. The Balaban J connectivity index is 2.18. The van der Waals surface area contributed by atoms with E-state index in [1.54, 1.807) is 30.0 Å². The molecule has 1 fully saturated rings. The summed E-state index contributed by atoms with van der Waals surface area (Å²) in [6.07, 6.45) is -3.38. The first kappa shape index (κ1) is 13.7. The molecule has 0 aliphatic carbocycles. The van der Waals surface area contributed by atoms with Crippen LogP contribution >= 0.6 is 0 Å². The van der Waals surface area contributed by atoms with Gasteiger partial charge in [0.25, 0.3) is 0 Å². The molecule has 1 aliphatic heterocycles. The molecule has 0 N–H and O–H groups in total. The fourth-order valence-electron chi connectivity index (χ4n) is 2.45. The maximum absolute atomic E-state index is 12.8. The summed E-state index contributed by atoms with van der Waals surface area (Å²) >= 11 is 0. The van der Waals surface area contributed by atoms with Crippen molar-refractivity contribution in [1.82, 2.24) is 0 Å². The van der Waals surface area contributed by atoms with E-state index in [9.17, 15) is 13.2 Å². The third-order valence-corrected chi connectivity index (χ3v) is 3.58. The third-order valence-electron chi connectivity index (χ3n) is 3.58. The molecule has 0 radical (unpaired) electrons. The van der Waals surface area contributed by atoms with E-state index in [1.165, 1.54) is 0 Å². The van der Waals surface area contributed by atoms with Crippen molar-refractivity contribution < 1.29 is 13.2 Å². The second kappa shape index (κ2) is 5.12. The van der Waals surface area contributed by atoms with Crippen LogP contribution in [0.2, 0.25) is 0 Å². The van der Waals surface area contributed by atoms with Crippen LogP contribution in [0.4, 0.5) is 18.9 Å². The molecule has 1 atom stereocenters. The molecule has 0 bridgehead atoms. The van der Waals surface area contributed by atoms with Crippen molar-refractivity contribution in [3.05, 3.63) is 29.3 Å². The number of aryl methyl sites for hydroxylation is 1. The highest BCUT2D eigenvalue weighted by Gasteiger charge is 2.41. The van der Waals surface area contributed by atoms with Crippen molar-refractivity contribution in [1.29, 1.82) is 5.26 Å². The number of hydrogen-bond acceptors (Lipinski definition) is 2. The number of alkyl halides is 3. The van der Waals surface area contributed by atoms with Gasteiger partial charge in [-0.1, -0.05) is 0 Å². The number of anilines is 1. The SMILES string of the molecule is Cc1cc(N2CCCC(C(F)(F)F)C2)ccc1C#N. The van der Waals surface area contributed by atoms with Crippen LogP contribution in [0.3, 0.4) is 0 Å². The maximum atomic E-state index is 12.8. The minimum Gasteiger partial charge on any atom is -0.371 e. The van der Waals surface area contributed by atoms with Gasteiger partial charge in [0.2, 0.25) is 0 Å². The summed E-state index contributed by atoms with van der Waals surface area (Å²) in [4.78, 5) is 1.76. The van der Waals surface area contributed by atoms with E-state index in [0.717, 1.165) is 11.3 Å². The Bertz CT molecular complexity index is 502. The molecule has 2 nitrogen and oxygen atoms in total. The average molecular weight is 268 g/mol. The summed E-state index contributed by atoms with van der Waals surface area (Å²) in [7, 11) is 0. The number of hydrogen-bond donors (Lipinski definition) is 0. The van der Waals surface area contributed by atoms with E-state index in [2.05, 4.69) is 6.07 Å². The first-order chi connectivity index (χ1) is 8.91. The Kier molecular flexibility index (Phi) is 3.70. The molecule has 1 unspecified atom stereocenters. The highest BCUT2D eigenvalue weighted by molar-refractivity contribution is 5.53. The normalized spacial score (nSPS) is 20.2. The number of halogens is 3. The van der Waals surface area contributed by atoms with Crippen LogP contribution in [0, 0.1) is 24.2 Å². The first-order valence-corrected chi connectivity index (χ1v) is 6.24. The Morgan fingerprint density at radius 2 is 2.11 bits per heavy atom. The molecule has 1 saturated heterocycles. The van der Waals surface area contributed by atoms with Crippen molar-refractivity contribution in [2.45, 2.75) is 25.9 Å². The average Bonchev–Trinajstić information content (AvgIpc) is 2.38. The molecular formula is C14H15F3N2. The second-order valence-corrected chi connectivity index (χ2v) is 4.94. The summed E-state index contributed by atoms with van der Waals surface area (Å²) in [5.41, 5.74) is 2.13. The summed E-state index contributed by atoms with van der Waals surface area (Å²) in [6.45, 7) is 2.44. The van der Waals surface area contributed by atoms with Gasteiger partial charge in [-0.05, 0) is 43.5 Å². The lowest BCUT2D eigenvalue weighted by Crippen LogP contribution is -2.41. The van der Waals surface area contributed by atoms with E-state index < -0.39 is 12.1 Å². The molecule has 102 valence electrons. The number of rotatable bonds is 1. The van der Waals surface area contributed by atoms with Crippen LogP contribution in [-0.4, -0.2) is 19.3 Å². The summed E-state index contributed by atoms with van der Waals surface area (Å²) in [6, 6.07) is 7.24. The van der Waals surface area contributed by atoms with Gasteiger partial charge in [-0.3, -0.25) is 0 Å². The predicted molar refractivity (Wildman–Crippen MR) is 66.9 cm³/mol. The Morgan fingerprint density at radius 3 is 2.68 bits per heavy atom. The van der Waals surface area contributed by atoms with Gasteiger partial charge in [0.1, 0.15) is 0 Å². The third kappa shape index (κ3) is 3.01. The largest absolute Gasteiger partial charge is 0.393 e. The molecule has 5 heteroatoms. The van der Waals surface area contributed by atoms with Gasteiger partial charge in [-0.25, -0.2) is 0 Å². The van der Waals surface area contributed by atoms with E-state index in [1.807, 2.05) is 0 Å². The van der Waals surface area contributed by atoms with Crippen LogP contribution in [0.15, 0.2) is 18.2 Å². The molecule has 1 heterocycles. The predicted octanol–water partition coefficient (Wildman–Crippen LogP) is 3.65. The summed E-state index contributed by atoms with van der Waals surface area (Å²) in [5.74, 6) is -1.25. The van der Waals surface area contributed by atoms with Crippen molar-refractivity contribution in [3.63, 3.8) is 0 Å². The molecule has 0 saturated carbocycles. The van der Waals surface area contributed by atoms with Crippen LogP contribution in [0.25, 0.3) is 0 Å². The van der Waals surface area contributed by atoms with E-state index in [4.69, 9.17) is 5.26 Å². The van der Waals surface area contributed by atoms with Gasteiger partial charge in [-0.2, -0.15) is 18.4 Å². The van der Waals surface area contributed by atoms with Gasteiger partial charge in [0.15, 0.2) is 0 Å². The number of benzene rings is 1. The fourth-order valence-corrected chi connectivity index (χ4v) is 2.45. The molecule has 1 aromatic carbocycles. The van der Waals surface area contributed by atoms with Crippen LogP contribution < -0.4 is 4.90 Å². The molecule has 0 spiro atoms. The maximum Gasteiger partial charge on any atom is 0.393 e. The van der Waals surface area contributed by atoms with Crippen molar-refractivity contribution >= 4 is 5.69 Å². The lowest BCUT2D eigenvalue weighted by Gasteiger charge is -2.35. The van der Waals surface area contributed by atoms with Crippen molar-refractivity contribution in [3.8, 4) is 6.07 Å². The first-order valence-electron chi connectivity index (χ1n) is 6.24. The van der Waals surface area contributed by atoms with Crippen molar-refractivity contribution in [2.24, 2.45) is 5.92 Å². The molecule has 19 heavy (non-hydrogen) atoms. The van der Waals surface area contributed by atoms with E-state index in [0.29, 0.717) is 18.5 Å². The summed E-state index contributed by atoms with van der Waals surface area (Å²) < 4.78 is 38.3. The lowest BCUT2D eigenvalue weighted by molar-refractivity contribution is -0.175. The Labute approximate surface area is 110 Å². The zero-order valence-corrected chi connectivity index (χ0v) is 10.7. The summed E-state index contributed by atoms with van der Waals surface area (Å²) in [5, 5.41) is 8.86. The number of nitrogens with zero attached hydrogens (tertiary/aromatic N) is 2. The molecule has 2 rings (SSSR count). The highest BCUT2D eigenvalue weighted by Crippen LogP contribution is 2.35. The van der Waals surface area contributed by atoms with Gasteiger partial charge < -0.3 is 4.90 Å². The van der Waals surface area contributed by atoms with Gasteiger partial charge >= 0.3 is 6.18 Å². The molecular weight excluding hydrogens is 253 g/mol. The smallest absolute Gasteiger partial charge is 0.371 e. The molecule has 1 aliphatic rings. The second-order valence-electron chi connectivity index (χ2n) is 4.94. The van der Waals surface area contributed by atoms with Crippen molar-refractivity contribution in [2.75, 3.05) is 18.0 Å². The standard InChI is InChI=1S/C14H15F3N2/c1-10-7-13(5-4-11(10)8-18)19-6-2-3-12(9-19)14(15,16)17/h4-5,7,12H,2-3,6,9H2,1H3. The van der Waals surface area contributed by atoms with Gasteiger partial charge in [-0.15, -0.1) is 0 Å². The number of piperidine rings is 1. The van der Waals surface area contributed by atoms with Crippen LogP contribution in [-0.2, 0) is 0 Å². The zero-order valence-electron chi connectivity index (χ0n) is 10.7. The van der Waals surface area contributed by atoms with E-state index >= 15 is 0 Å². The van der Waals surface area contributed by atoms with Crippen LogP contribution in [0.1, 0.15) is 24.0 Å². The fraction of sp³-hybridized carbons (Fsp3) is 0.500. The minimum absolute atomic E-state index is 0.00877. The Morgan fingerprint density at radius 1 is 1.37 bits per heavy atom. The molecule has 0 amide bonds. The molecule has 0 aromatic heterocycles. The topological polar surface area (TPSA) is 27.0 Å². The van der Waals surface area contributed by atoms with Crippen LogP contribution in [0.5, 0.6) is 0 Å². The Hall–Kier alpha value is -1.70. The highest BCUT2D eigenvalue weighted by atomic mass is 19.4. The quantitative estimate of drug-likeness (QED) is 0.777. The monoisotopic (exact) mass is 268 g/mol. The van der Waals surface area contributed by atoms with Gasteiger partial charge in [0, 0.05) is 18.8 Å². The minimum atomic E-state index is -4.12.